The molecule has 1 atom stereocenters. The highest BCUT2D eigenvalue weighted by atomic mass is 16.6. The van der Waals surface area contributed by atoms with E-state index in [1.165, 1.54) is 36.8 Å². The maximum atomic E-state index is 13.6. The van der Waals surface area contributed by atoms with Crippen molar-refractivity contribution in [3.63, 3.8) is 0 Å². The van der Waals surface area contributed by atoms with Crippen molar-refractivity contribution in [1.82, 2.24) is 24.9 Å². The van der Waals surface area contributed by atoms with E-state index in [9.17, 15) is 9.59 Å². The molecule has 3 fully saturated rings. The van der Waals surface area contributed by atoms with Gasteiger partial charge in [0.05, 0.1) is 23.1 Å². The van der Waals surface area contributed by atoms with Gasteiger partial charge < -0.3 is 19.9 Å². The lowest BCUT2D eigenvalue weighted by Gasteiger charge is -2.34. The van der Waals surface area contributed by atoms with E-state index in [4.69, 9.17) is 9.84 Å². The van der Waals surface area contributed by atoms with Crippen molar-refractivity contribution in [1.29, 1.82) is 0 Å². The summed E-state index contributed by atoms with van der Waals surface area (Å²) >= 11 is 0. The predicted octanol–water partition coefficient (Wildman–Crippen LogP) is 5.60. The molecule has 1 aliphatic carbocycles. The van der Waals surface area contributed by atoms with Gasteiger partial charge in [0.15, 0.2) is 0 Å². The van der Waals surface area contributed by atoms with Gasteiger partial charge in [-0.3, -0.25) is 4.79 Å². The predicted molar refractivity (Wildman–Crippen MR) is 157 cm³/mol. The van der Waals surface area contributed by atoms with E-state index >= 15 is 0 Å². The van der Waals surface area contributed by atoms with Gasteiger partial charge in [-0.25, -0.2) is 9.48 Å². The number of nitrogens with zero attached hydrogens (tertiary/aromatic N) is 4. The fourth-order valence-electron chi connectivity index (χ4n) is 6.61. The molecule has 1 saturated carbocycles. The van der Waals surface area contributed by atoms with Gasteiger partial charge in [0.1, 0.15) is 5.60 Å². The summed E-state index contributed by atoms with van der Waals surface area (Å²) in [5.41, 5.74) is 4.47. The van der Waals surface area contributed by atoms with Crippen molar-refractivity contribution in [3.05, 3.63) is 46.8 Å². The van der Waals surface area contributed by atoms with Crippen molar-refractivity contribution in [2.45, 2.75) is 97.1 Å². The second kappa shape index (κ2) is 11.9. The molecule has 0 bridgehead atoms. The highest BCUT2D eigenvalue weighted by Gasteiger charge is 2.33. The summed E-state index contributed by atoms with van der Waals surface area (Å²) in [7, 11) is 0. The lowest BCUT2D eigenvalue weighted by Crippen LogP contribution is -2.41. The number of hydrogen-bond acceptors (Lipinski definition) is 5. The van der Waals surface area contributed by atoms with Crippen molar-refractivity contribution >= 4 is 12.0 Å². The lowest BCUT2D eigenvalue weighted by molar-refractivity contribution is 0.0203. The lowest BCUT2D eigenvalue weighted by atomic mass is 9.90. The smallest absolute Gasteiger partial charge is 0.410 e. The maximum Gasteiger partial charge on any atom is 0.410 e. The minimum absolute atomic E-state index is 0.0426. The normalized spacial score (nSPS) is 21.2. The van der Waals surface area contributed by atoms with Gasteiger partial charge in [-0.2, -0.15) is 5.10 Å². The molecule has 8 heteroatoms. The topological polar surface area (TPSA) is 79.7 Å². The number of carbonyl (C=O) groups excluding carboxylic acids is 2. The van der Waals surface area contributed by atoms with E-state index in [2.05, 4.69) is 42.3 Å². The molecule has 1 aromatic carbocycles. The Morgan fingerprint density at radius 2 is 1.73 bits per heavy atom. The summed E-state index contributed by atoms with van der Waals surface area (Å²) in [4.78, 5) is 30.7. The Hall–Kier alpha value is -2.87. The van der Waals surface area contributed by atoms with Crippen LogP contribution in [0.1, 0.15) is 98.8 Å². The number of likely N-dealkylation sites (tertiary alicyclic amines) is 2. The molecule has 2 saturated heterocycles. The Morgan fingerprint density at radius 3 is 2.40 bits per heavy atom. The summed E-state index contributed by atoms with van der Waals surface area (Å²) in [5.74, 6) is 0.576. The number of ether oxygens (including phenoxy) is 1. The van der Waals surface area contributed by atoms with Crippen LogP contribution in [0.15, 0.2) is 24.4 Å². The first-order valence-corrected chi connectivity index (χ1v) is 15.2. The molecule has 0 radical (unpaired) electrons. The summed E-state index contributed by atoms with van der Waals surface area (Å²) < 4.78 is 7.56. The van der Waals surface area contributed by atoms with Crippen molar-refractivity contribution in [3.8, 4) is 5.69 Å². The number of carbonyl (C=O) groups is 2. The van der Waals surface area contributed by atoms with Gasteiger partial charge in [-0.15, -0.1) is 0 Å². The second-order valence-electron chi connectivity index (χ2n) is 13.2. The zero-order valence-electron chi connectivity index (χ0n) is 25.0. The number of hydrogen-bond donors (Lipinski definition) is 1. The Bertz CT molecular complexity index is 1200. The Morgan fingerprint density at radius 1 is 1.00 bits per heavy atom. The van der Waals surface area contributed by atoms with E-state index < -0.39 is 5.60 Å². The summed E-state index contributed by atoms with van der Waals surface area (Å²) in [6.45, 7) is 14.0. The standard InChI is InChI=1S/C32H47N5O3/c1-22-10-11-27(18-23(22)2)37-29(25-13-16-35(17-14-25)31(39)40-32(3,4)5)28(20-34-37)30(38)33-19-24-12-15-36(21-24)26-8-6-7-9-26/h10-11,18,20,24-26H,6-9,12-17,19,21H2,1-5H3,(H,33,38)/t24-/m0/s1. The molecule has 2 aliphatic heterocycles. The molecule has 218 valence electrons. The summed E-state index contributed by atoms with van der Waals surface area (Å²) in [5, 5.41) is 8.01. The number of aryl methyl sites for hydroxylation is 2. The average Bonchev–Trinajstić information content (AvgIpc) is 3.69. The average molecular weight is 550 g/mol. The van der Waals surface area contributed by atoms with E-state index in [1.54, 1.807) is 11.1 Å². The fourth-order valence-corrected chi connectivity index (χ4v) is 6.61. The van der Waals surface area contributed by atoms with E-state index in [1.807, 2.05) is 25.5 Å². The van der Waals surface area contributed by atoms with Crippen molar-refractivity contribution in [2.75, 3.05) is 32.7 Å². The summed E-state index contributed by atoms with van der Waals surface area (Å²) in [6, 6.07) is 7.07. The zero-order chi connectivity index (χ0) is 28.4. The van der Waals surface area contributed by atoms with Crippen LogP contribution in [0.2, 0.25) is 0 Å². The molecular formula is C32H47N5O3. The first-order valence-electron chi connectivity index (χ1n) is 15.2. The van der Waals surface area contributed by atoms with Gasteiger partial charge >= 0.3 is 6.09 Å². The van der Waals surface area contributed by atoms with Gasteiger partial charge in [0.2, 0.25) is 0 Å². The summed E-state index contributed by atoms with van der Waals surface area (Å²) in [6.07, 6.45) is 9.49. The van der Waals surface area contributed by atoms with Crippen LogP contribution in [0.5, 0.6) is 0 Å². The first-order chi connectivity index (χ1) is 19.1. The largest absolute Gasteiger partial charge is 0.444 e. The van der Waals surface area contributed by atoms with Crippen molar-refractivity contribution < 1.29 is 14.3 Å². The highest BCUT2D eigenvalue weighted by Crippen LogP contribution is 2.33. The third kappa shape index (κ3) is 6.54. The molecule has 3 heterocycles. The van der Waals surface area contributed by atoms with E-state index in [0.717, 1.165) is 49.8 Å². The molecule has 8 nitrogen and oxygen atoms in total. The Labute approximate surface area is 239 Å². The second-order valence-corrected chi connectivity index (χ2v) is 13.2. The van der Waals surface area contributed by atoms with Gasteiger partial charge in [-0.1, -0.05) is 18.9 Å². The number of amides is 2. The minimum Gasteiger partial charge on any atom is -0.444 e. The third-order valence-corrected chi connectivity index (χ3v) is 9.03. The van der Waals surface area contributed by atoms with E-state index in [0.29, 0.717) is 31.1 Å². The molecule has 1 aromatic heterocycles. The molecule has 2 aromatic rings. The quantitative estimate of drug-likeness (QED) is 0.508. The van der Waals surface area contributed by atoms with Crippen LogP contribution in [0.3, 0.4) is 0 Å². The molecule has 0 unspecified atom stereocenters. The van der Waals surface area contributed by atoms with Crippen LogP contribution in [0.4, 0.5) is 4.79 Å². The molecule has 3 aliphatic rings. The zero-order valence-corrected chi connectivity index (χ0v) is 25.0. The van der Waals surface area contributed by atoms with Crippen LogP contribution >= 0.6 is 0 Å². The highest BCUT2D eigenvalue weighted by molar-refractivity contribution is 5.95. The monoisotopic (exact) mass is 549 g/mol. The number of benzene rings is 1. The van der Waals surface area contributed by atoms with Crippen LogP contribution in [0.25, 0.3) is 5.69 Å². The molecule has 5 rings (SSSR count). The van der Waals surface area contributed by atoms with Crippen LogP contribution < -0.4 is 5.32 Å². The molecule has 2 amide bonds. The number of piperidine rings is 1. The van der Waals surface area contributed by atoms with Crippen molar-refractivity contribution in [2.24, 2.45) is 5.92 Å². The number of rotatable bonds is 6. The third-order valence-electron chi connectivity index (χ3n) is 9.03. The number of nitrogens with one attached hydrogen (secondary N) is 1. The van der Waals surface area contributed by atoms with Crippen LogP contribution in [-0.4, -0.2) is 75.9 Å². The SMILES string of the molecule is Cc1ccc(-n2ncc(C(=O)NC[C@@H]3CCN(C4CCCC4)C3)c2C2CCN(C(=O)OC(C)(C)C)CC2)cc1C. The van der Waals surface area contributed by atoms with Gasteiger partial charge in [0, 0.05) is 38.1 Å². The minimum atomic E-state index is -0.519. The fraction of sp³-hybridized carbons (Fsp3) is 0.656. The van der Waals surface area contributed by atoms with Crippen LogP contribution in [0, 0.1) is 19.8 Å². The number of aromatic nitrogens is 2. The molecule has 0 spiro atoms. The Balaban J connectivity index is 1.31. The van der Waals surface area contributed by atoms with Crippen LogP contribution in [-0.2, 0) is 4.74 Å². The van der Waals surface area contributed by atoms with E-state index in [-0.39, 0.29) is 17.9 Å². The molecule has 1 N–H and O–H groups in total. The van der Waals surface area contributed by atoms with Gasteiger partial charge in [-0.05, 0) is 102 Å². The first kappa shape index (κ1) is 28.7. The van der Waals surface area contributed by atoms with Gasteiger partial charge in [0.25, 0.3) is 5.91 Å². The molecular weight excluding hydrogens is 502 g/mol. The Kier molecular flexibility index (Phi) is 8.55. The molecule has 40 heavy (non-hydrogen) atoms. The maximum absolute atomic E-state index is 13.6.